The molecule has 0 aliphatic heterocycles. The zero-order valence-electron chi connectivity index (χ0n) is 16.5. The molecule has 160 valence electrons. The van der Waals surface area contributed by atoms with Crippen molar-refractivity contribution in [2.45, 2.75) is 20.3 Å². The quantitative estimate of drug-likeness (QED) is 0.521. The molecular formula is C20H21NO9. The Balaban J connectivity index is 2.82. The van der Waals surface area contributed by atoms with Crippen LogP contribution < -0.4 is 4.74 Å². The maximum Gasteiger partial charge on any atom is 0.356 e. The molecule has 30 heavy (non-hydrogen) atoms. The Morgan fingerprint density at radius 1 is 0.900 bits per heavy atom. The van der Waals surface area contributed by atoms with Crippen LogP contribution >= 0.6 is 0 Å². The van der Waals surface area contributed by atoms with Gasteiger partial charge >= 0.3 is 23.9 Å². The van der Waals surface area contributed by atoms with E-state index >= 15 is 0 Å². The van der Waals surface area contributed by atoms with Crippen LogP contribution in [0.2, 0.25) is 0 Å². The standard InChI is InChI=1S/C20H21NO9/c1-10(2)8-9-30-20(28)16-14(18(24)25)13(17(22)23)15(19(26)27)21(16)11-4-6-12(29-3)7-5-11/h4-7,10H,8-9H2,1-3H3,(H,22,23)(H,24,25)(H,26,27). The van der Waals surface area contributed by atoms with E-state index in [1.165, 1.54) is 31.4 Å². The van der Waals surface area contributed by atoms with Crippen LogP contribution in [0.5, 0.6) is 5.75 Å². The highest BCUT2D eigenvalue weighted by Gasteiger charge is 2.38. The van der Waals surface area contributed by atoms with Gasteiger partial charge in [-0.05, 0) is 36.6 Å². The molecule has 10 nitrogen and oxygen atoms in total. The predicted octanol–water partition coefficient (Wildman–Crippen LogP) is 2.78. The summed E-state index contributed by atoms with van der Waals surface area (Å²) in [7, 11) is 1.41. The first-order chi connectivity index (χ1) is 14.1. The first kappa shape index (κ1) is 22.5. The summed E-state index contributed by atoms with van der Waals surface area (Å²) in [5.41, 5.74) is -3.47. The van der Waals surface area contributed by atoms with Gasteiger partial charge in [-0.2, -0.15) is 0 Å². The Labute approximate surface area is 171 Å². The fourth-order valence-corrected chi connectivity index (χ4v) is 2.83. The number of rotatable bonds is 9. The summed E-state index contributed by atoms with van der Waals surface area (Å²) >= 11 is 0. The van der Waals surface area contributed by atoms with Crippen LogP contribution in [0.25, 0.3) is 5.69 Å². The molecule has 0 spiro atoms. The van der Waals surface area contributed by atoms with E-state index < -0.39 is 46.4 Å². The minimum absolute atomic E-state index is 0.0475. The number of benzene rings is 1. The molecule has 0 unspecified atom stereocenters. The molecule has 10 heteroatoms. The Kier molecular flexibility index (Phi) is 6.83. The lowest BCUT2D eigenvalue weighted by Gasteiger charge is -2.13. The first-order valence-electron chi connectivity index (χ1n) is 8.90. The van der Waals surface area contributed by atoms with Crippen LogP contribution in [0.4, 0.5) is 0 Å². The molecular weight excluding hydrogens is 398 g/mol. The zero-order chi connectivity index (χ0) is 22.6. The minimum Gasteiger partial charge on any atom is -0.497 e. The molecule has 0 atom stereocenters. The highest BCUT2D eigenvalue weighted by molar-refractivity contribution is 6.14. The minimum atomic E-state index is -1.80. The Hall–Kier alpha value is -3.82. The number of hydrogen-bond acceptors (Lipinski definition) is 6. The fourth-order valence-electron chi connectivity index (χ4n) is 2.83. The van der Waals surface area contributed by atoms with Gasteiger partial charge in [0.2, 0.25) is 0 Å². The van der Waals surface area contributed by atoms with E-state index in [-0.39, 0.29) is 18.2 Å². The van der Waals surface area contributed by atoms with Gasteiger partial charge in [-0.3, -0.25) is 4.57 Å². The molecule has 0 aliphatic carbocycles. The predicted molar refractivity (Wildman–Crippen MR) is 103 cm³/mol. The van der Waals surface area contributed by atoms with E-state index in [1.807, 2.05) is 13.8 Å². The van der Waals surface area contributed by atoms with E-state index in [0.29, 0.717) is 12.2 Å². The van der Waals surface area contributed by atoms with Gasteiger partial charge < -0.3 is 24.8 Å². The molecule has 0 aliphatic rings. The van der Waals surface area contributed by atoms with Crippen LogP contribution in [0.15, 0.2) is 24.3 Å². The molecule has 0 radical (unpaired) electrons. The van der Waals surface area contributed by atoms with Gasteiger partial charge in [-0.25, -0.2) is 19.2 Å². The smallest absolute Gasteiger partial charge is 0.356 e. The van der Waals surface area contributed by atoms with Gasteiger partial charge in [-0.1, -0.05) is 13.8 Å². The summed E-state index contributed by atoms with van der Waals surface area (Å²) < 4.78 is 10.9. The summed E-state index contributed by atoms with van der Waals surface area (Å²) in [6.07, 6.45) is 0.481. The largest absolute Gasteiger partial charge is 0.497 e. The summed E-state index contributed by atoms with van der Waals surface area (Å²) in [4.78, 5) is 48.3. The molecule has 3 N–H and O–H groups in total. The van der Waals surface area contributed by atoms with Gasteiger partial charge in [0, 0.05) is 5.69 Å². The maximum atomic E-state index is 12.8. The van der Waals surface area contributed by atoms with Gasteiger partial charge in [0.25, 0.3) is 0 Å². The number of aromatic carboxylic acids is 3. The van der Waals surface area contributed by atoms with E-state index in [1.54, 1.807) is 0 Å². The van der Waals surface area contributed by atoms with Crippen LogP contribution in [-0.2, 0) is 4.74 Å². The van der Waals surface area contributed by atoms with Crippen molar-refractivity contribution in [2.24, 2.45) is 5.92 Å². The summed E-state index contributed by atoms with van der Waals surface area (Å²) in [5.74, 6) is -5.81. The second-order valence-electron chi connectivity index (χ2n) is 6.71. The zero-order valence-corrected chi connectivity index (χ0v) is 16.5. The number of carbonyl (C=O) groups excluding carboxylic acids is 1. The van der Waals surface area contributed by atoms with Gasteiger partial charge in [0.05, 0.1) is 13.7 Å². The third kappa shape index (κ3) is 4.43. The van der Waals surface area contributed by atoms with Gasteiger partial charge in [-0.15, -0.1) is 0 Å². The molecule has 0 saturated carbocycles. The number of esters is 1. The number of carbonyl (C=O) groups is 4. The topological polar surface area (TPSA) is 152 Å². The Bertz CT molecular complexity index is 987. The number of hydrogen-bond donors (Lipinski definition) is 3. The van der Waals surface area contributed by atoms with Gasteiger partial charge in [0.15, 0.2) is 0 Å². The van der Waals surface area contributed by atoms with E-state index in [9.17, 15) is 34.5 Å². The van der Waals surface area contributed by atoms with Crippen molar-refractivity contribution in [1.29, 1.82) is 0 Å². The van der Waals surface area contributed by atoms with Crippen LogP contribution in [-0.4, -0.2) is 57.5 Å². The average Bonchev–Trinajstić information content (AvgIpc) is 3.04. The van der Waals surface area contributed by atoms with Crippen molar-refractivity contribution < 1.29 is 44.0 Å². The van der Waals surface area contributed by atoms with E-state index in [2.05, 4.69) is 0 Å². The summed E-state index contributed by atoms with van der Waals surface area (Å²) in [6.45, 7) is 3.73. The molecule has 1 heterocycles. The molecule has 0 amide bonds. The second kappa shape index (κ2) is 9.12. The second-order valence-corrected chi connectivity index (χ2v) is 6.71. The highest BCUT2D eigenvalue weighted by atomic mass is 16.5. The molecule has 0 saturated heterocycles. The average molecular weight is 419 g/mol. The van der Waals surface area contributed by atoms with Crippen molar-refractivity contribution >= 4 is 23.9 Å². The summed E-state index contributed by atoms with van der Waals surface area (Å²) in [5, 5.41) is 28.8. The number of carboxylic acids is 3. The number of methoxy groups -OCH3 is 1. The highest BCUT2D eigenvalue weighted by Crippen LogP contribution is 2.29. The number of aromatic nitrogens is 1. The molecule has 1 aromatic carbocycles. The van der Waals surface area contributed by atoms with Crippen LogP contribution in [0.3, 0.4) is 0 Å². The molecule has 1 aromatic heterocycles. The summed E-state index contributed by atoms with van der Waals surface area (Å²) in [6, 6.07) is 5.65. The van der Waals surface area contributed by atoms with Crippen molar-refractivity contribution in [1.82, 2.24) is 4.57 Å². The lowest BCUT2D eigenvalue weighted by Crippen LogP contribution is -2.18. The normalized spacial score (nSPS) is 10.7. The first-order valence-corrected chi connectivity index (χ1v) is 8.90. The fraction of sp³-hybridized carbons (Fsp3) is 0.300. The third-order valence-corrected chi connectivity index (χ3v) is 4.25. The number of carboxylic acid groups (broad SMARTS) is 3. The number of nitrogens with zero attached hydrogens (tertiary/aromatic N) is 1. The third-order valence-electron chi connectivity index (χ3n) is 4.25. The maximum absolute atomic E-state index is 12.8. The van der Waals surface area contributed by atoms with Crippen LogP contribution in [0.1, 0.15) is 62.0 Å². The van der Waals surface area contributed by atoms with Crippen molar-refractivity contribution in [3.63, 3.8) is 0 Å². The van der Waals surface area contributed by atoms with E-state index in [0.717, 1.165) is 4.57 Å². The van der Waals surface area contributed by atoms with Crippen molar-refractivity contribution in [3.8, 4) is 11.4 Å². The van der Waals surface area contributed by atoms with Crippen molar-refractivity contribution in [3.05, 3.63) is 46.8 Å². The van der Waals surface area contributed by atoms with Crippen LogP contribution in [0, 0.1) is 5.92 Å². The number of ether oxygens (including phenoxy) is 2. The SMILES string of the molecule is COc1ccc(-n2c(C(=O)O)c(C(=O)O)c(C(=O)O)c2C(=O)OCCC(C)C)cc1. The lowest BCUT2D eigenvalue weighted by atomic mass is 10.1. The molecule has 0 fully saturated rings. The molecule has 2 aromatic rings. The lowest BCUT2D eigenvalue weighted by molar-refractivity contribution is 0.0468. The molecule has 0 bridgehead atoms. The monoisotopic (exact) mass is 419 g/mol. The Morgan fingerprint density at radius 3 is 1.87 bits per heavy atom. The van der Waals surface area contributed by atoms with E-state index in [4.69, 9.17) is 9.47 Å². The van der Waals surface area contributed by atoms with Gasteiger partial charge in [0.1, 0.15) is 28.3 Å². The molecule has 2 rings (SSSR count). The Morgan fingerprint density at radius 2 is 1.43 bits per heavy atom. The van der Waals surface area contributed by atoms with Crippen molar-refractivity contribution in [2.75, 3.05) is 13.7 Å².